The molecular formula is C20H20N2O6. The van der Waals surface area contributed by atoms with Crippen molar-refractivity contribution >= 4 is 23.3 Å². The molecule has 146 valence electrons. The van der Waals surface area contributed by atoms with Gasteiger partial charge in [0.15, 0.2) is 6.10 Å². The Bertz CT molecular complexity index is 899. The number of carbonyl (C=O) groups is 2. The number of nitrogens with zero attached hydrogens (tertiary/aromatic N) is 2. The van der Waals surface area contributed by atoms with Crippen molar-refractivity contribution in [3.63, 3.8) is 0 Å². The molecule has 1 heterocycles. The molecule has 0 aromatic heterocycles. The summed E-state index contributed by atoms with van der Waals surface area (Å²) in [6.07, 6.45) is 0.150. The molecule has 0 spiro atoms. The van der Waals surface area contributed by atoms with E-state index in [0.717, 1.165) is 10.5 Å². The highest BCUT2D eigenvalue weighted by molar-refractivity contribution is 6.04. The molecule has 0 saturated heterocycles. The van der Waals surface area contributed by atoms with Crippen LogP contribution in [0.1, 0.15) is 25.3 Å². The Labute approximate surface area is 161 Å². The van der Waals surface area contributed by atoms with Gasteiger partial charge in [-0.15, -0.1) is 0 Å². The van der Waals surface area contributed by atoms with Crippen LogP contribution in [0.3, 0.4) is 0 Å². The maximum atomic E-state index is 12.9. The number of hydrogen-bond donors (Lipinski definition) is 1. The number of amides is 1. The number of carbonyl (C=O) groups excluding carboxylic acids is 1. The Balaban J connectivity index is 1.99. The van der Waals surface area contributed by atoms with E-state index < -0.39 is 28.9 Å². The van der Waals surface area contributed by atoms with E-state index >= 15 is 0 Å². The molecule has 1 amide bonds. The lowest BCUT2D eigenvalue weighted by molar-refractivity contribution is -0.384. The Morgan fingerprint density at radius 1 is 1.29 bits per heavy atom. The van der Waals surface area contributed by atoms with E-state index in [-0.39, 0.29) is 23.5 Å². The van der Waals surface area contributed by atoms with E-state index in [4.69, 9.17) is 4.74 Å². The number of benzene rings is 2. The fraction of sp³-hybridized carbons (Fsp3) is 0.300. The summed E-state index contributed by atoms with van der Waals surface area (Å²) < 4.78 is 5.64. The van der Waals surface area contributed by atoms with Gasteiger partial charge in [-0.05, 0) is 30.9 Å². The van der Waals surface area contributed by atoms with Crippen molar-refractivity contribution in [1.82, 2.24) is 0 Å². The van der Waals surface area contributed by atoms with Gasteiger partial charge in [0.25, 0.3) is 11.6 Å². The molecule has 8 nitrogen and oxygen atoms in total. The molecule has 0 bridgehead atoms. The predicted octanol–water partition coefficient (Wildman–Crippen LogP) is 3.18. The van der Waals surface area contributed by atoms with E-state index in [1.54, 1.807) is 6.92 Å². The number of nitro groups is 1. The zero-order valence-electron chi connectivity index (χ0n) is 15.3. The molecule has 2 aromatic rings. The second kappa shape index (κ2) is 8.08. The SMILES string of the molecule is CCC1Oc2ccc([N+](=O)[O-])cc2N(C(CCc2ccccc2)C(=O)O)C1=O. The highest BCUT2D eigenvalue weighted by atomic mass is 16.6. The van der Waals surface area contributed by atoms with Crippen molar-refractivity contribution < 1.29 is 24.4 Å². The average Bonchev–Trinajstić information content (AvgIpc) is 2.69. The van der Waals surface area contributed by atoms with E-state index in [9.17, 15) is 24.8 Å². The molecule has 0 fully saturated rings. The average molecular weight is 384 g/mol. The van der Waals surface area contributed by atoms with Crippen LogP contribution in [0.4, 0.5) is 11.4 Å². The van der Waals surface area contributed by atoms with Gasteiger partial charge in [-0.3, -0.25) is 19.8 Å². The smallest absolute Gasteiger partial charge is 0.326 e. The molecule has 1 aliphatic heterocycles. The normalized spacial score (nSPS) is 16.8. The maximum absolute atomic E-state index is 12.9. The molecule has 2 unspecified atom stereocenters. The Hall–Kier alpha value is -3.42. The van der Waals surface area contributed by atoms with Gasteiger partial charge < -0.3 is 9.84 Å². The first-order chi connectivity index (χ1) is 13.4. The highest BCUT2D eigenvalue weighted by Gasteiger charge is 2.41. The molecule has 0 radical (unpaired) electrons. The lowest BCUT2D eigenvalue weighted by Gasteiger charge is -2.37. The highest BCUT2D eigenvalue weighted by Crippen LogP contribution is 2.39. The summed E-state index contributed by atoms with van der Waals surface area (Å²) in [4.78, 5) is 36.7. The van der Waals surface area contributed by atoms with Crippen molar-refractivity contribution in [2.24, 2.45) is 0 Å². The fourth-order valence-electron chi connectivity index (χ4n) is 3.28. The molecule has 0 saturated carbocycles. The molecule has 28 heavy (non-hydrogen) atoms. The standard InChI is InChI=1S/C20H20N2O6/c1-2-17-19(23)21(16-12-14(22(26)27)9-11-18(16)28-17)15(20(24)25)10-8-13-6-4-3-5-7-13/h3-7,9,11-12,15,17H,2,8,10H2,1H3,(H,24,25). The van der Waals surface area contributed by atoms with Gasteiger partial charge in [-0.25, -0.2) is 4.79 Å². The molecule has 2 atom stereocenters. The summed E-state index contributed by atoms with van der Waals surface area (Å²) in [5, 5.41) is 21.0. The van der Waals surface area contributed by atoms with Crippen LogP contribution in [-0.4, -0.2) is 34.1 Å². The number of ether oxygens (including phenoxy) is 1. The number of rotatable bonds is 7. The number of non-ortho nitro benzene ring substituents is 1. The monoisotopic (exact) mass is 384 g/mol. The molecule has 1 aliphatic rings. The number of carboxylic acid groups (broad SMARTS) is 1. The number of fused-ring (bicyclic) bond motifs is 1. The van der Waals surface area contributed by atoms with Crippen LogP contribution in [0.2, 0.25) is 0 Å². The van der Waals surface area contributed by atoms with Crippen LogP contribution in [0.5, 0.6) is 5.75 Å². The van der Waals surface area contributed by atoms with Gasteiger partial charge in [-0.2, -0.15) is 0 Å². The van der Waals surface area contributed by atoms with Crippen molar-refractivity contribution in [3.8, 4) is 5.75 Å². The summed E-state index contributed by atoms with van der Waals surface area (Å²) in [6.45, 7) is 1.76. The van der Waals surface area contributed by atoms with Gasteiger partial charge in [0.05, 0.1) is 10.6 Å². The topological polar surface area (TPSA) is 110 Å². The molecule has 2 aromatic carbocycles. The summed E-state index contributed by atoms with van der Waals surface area (Å²) in [5.41, 5.74) is 0.826. The Kier molecular flexibility index (Phi) is 5.58. The van der Waals surface area contributed by atoms with Crippen LogP contribution >= 0.6 is 0 Å². The third kappa shape index (κ3) is 3.80. The van der Waals surface area contributed by atoms with E-state index in [0.29, 0.717) is 12.8 Å². The summed E-state index contributed by atoms with van der Waals surface area (Å²) in [5.74, 6) is -1.41. The lowest BCUT2D eigenvalue weighted by atomic mass is 10.0. The number of aryl methyl sites for hydroxylation is 1. The third-order valence-corrected chi connectivity index (χ3v) is 4.71. The van der Waals surface area contributed by atoms with E-state index in [2.05, 4.69) is 0 Å². The minimum absolute atomic E-state index is 0.115. The van der Waals surface area contributed by atoms with Gasteiger partial charge >= 0.3 is 5.97 Å². The van der Waals surface area contributed by atoms with Gasteiger partial charge in [0.2, 0.25) is 0 Å². The quantitative estimate of drug-likeness (QED) is 0.580. The van der Waals surface area contributed by atoms with Gasteiger partial charge in [-0.1, -0.05) is 37.3 Å². The first-order valence-electron chi connectivity index (χ1n) is 8.97. The van der Waals surface area contributed by atoms with E-state index in [1.165, 1.54) is 18.2 Å². The summed E-state index contributed by atoms with van der Waals surface area (Å²) in [6, 6.07) is 12.1. The Morgan fingerprint density at radius 3 is 2.61 bits per heavy atom. The number of carboxylic acids is 1. The Morgan fingerprint density at radius 2 is 2.00 bits per heavy atom. The molecule has 1 N–H and O–H groups in total. The predicted molar refractivity (Wildman–Crippen MR) is 101 cm³/mol. The van der Waals surface area contributed by atoms with Crippen molar-refractivity contribution in [3.05, 3.63) is 64.2 Å². The van der Waals surface area contributed by atoms with Crippen LogP contribution in [0.15, 0.2) is 48.5 Å². The zero-order chi connectivity index (χ0) is 20.3. The first kappa shape index (κ1) is 19.3. The van der Waals surface area contributed by atoms with Crippen molar-refractivity contribution in [1.29, 1.82) is 0 Å². The fourth-order valence-corrected chi connectivity index (χ4v) is 3.28. The van der Waals surface area contributed by atoms with Crippen LogP contribution in [0.25, 0.3) is 0 Å². The van der Waals surface area contributed by atoms with Crippen LogP contribution in [-0.2, 0) is 16.0 Å². The molecule has 0 aliphatic carbocycles. The second-order valence-corrected chi connectivity index (χ2v) is 6.51. The second-order valence-electron chi connectivity index (χ2n) is 6.51. The number of hydrogen-bond acceptors (Lipinski definition) is 5. The number of nitro benzene ring substituents is 1. The molecule has 8 heteroatoms. The van der Waals surface area contributed by atoms with E-state index in [1.807, 2.05) is 30.3 Å². The first-order valence-corrected chi connectivity index (χ1v) is 8.97. The maximum Gasteiger partial charge on any atom is 0.326 e. The minimum Gasteiger partial charge on any atom is -0.480 e. The molecule has 3 rings (SSSR count). The lowest BCUT2D eigenvalue weighted by Crippen LogP contribution is -2.53. The van der Waals surface area contributed by atoms with Crippen molar-refractivity contribution in [2.45, 2.75) is 38.3 Å². The molecular weight excluding hydrogens is 364 g/mol. The van der Waals surface area contributed by atoms with Crippen LogP contribution in [0, 0.1) is 10.1 Å². The van der Waals surface area contributed by atoms with Crippen LogP contribution < -0.4 is 9.64 Å². The summed E-state index contributed by atoms with van der Waals surface area (Å²) >= 11 is 0. The zero-order valence-corrected chi connectivity index (χ0v) is 15.3. The summed E-state index contributed by atoms with van der Waals surface area (Å²) in [7, 11) is 0. The third-order valence-electron chi connectivity index (χ3n) is 4.71. The van der Waals surface area contributed by atoms with Gasteiger partial charge in [0, 0.05) is 12.1 Å². The minimum atomic E-state index is -1.17. The number of aliphatic carboxylic acids is 1. The number of anilines is 1. The largest absolute Gasteiger partial charge is 0.480 e. The van der Waals surface area contributed by atoms with Gasteiger partial charge in [0.1, 0.15) is 11.8 Å². The van der Waals surface area contributed by atoms with Crippen molar-refractivity contribution in [2.75, 3.05) is 4.90 Å².